The smallest absolute Gasteiger partial charge is 0.457 e. The number of aliphatic hydroxyl groups is 1. The minimum absolute atomic E-state index is 0.176. The normalized spacial score (nSPS) is 13.9. The molecule has 4 nitrogen and oxygen atoms in total. The van der Waals surface area contributed by atoms with Gasteiger partial charge in [-0.15, -0.1) is 0 Å². The van der Waals surface area contributed by atoms with Crippen molar-refractivity contribution in [2.75, 3.05) is 11.4 Å². The largest absolute Gasteiger partial charge is 0.499 e. The van der Waals surface area contributed by atoms with E-state index >= 15 is 0 Å². The van der Waals surface area contributed by atoms with Crippen LogP contribution in [0.2, 0.25) is 0 Å². The minimum Gasteiger partial charge on any atom is -0.457 e. The van der Waals surface area contributed by atoms with Crippen molar-refractivity contribution in [3.63, 3.8) is 0 Å². The van der Waals surface area contributed by atoms with Crippen molar-refractivity contribution in [1.29, 1.82) is 0 Å². The van der Waals surface area contributed by atoms with Gasteiger partial charge in [-0.25, -0.2) is 0 Å². The second kappa shape index (κ2) is 12.0. The summed E-state index contributed by atoms with van der Waals surface area (Å²) in [7, 11) is 0. The molecule has 0 amide bonds. The Morgan fingerprint density at radius 2 is 1.21 bits per heavy atom. The fraction of sp³-hybridized carbons (Fsp3) is 0.308. The second-order valence-corrected chi connectivity index (χ2v) is 8.90. The maximum atomic E-state index is 13.9. The van der Waals surface area contributed by atoms with Crippen LogP contribution in [0.15, 0.2) is 72.8 Å². The van der Waals surface area contributed by atoms with Gasteiger partial charge < -0.3 is 19.5 Å². The average molecular weight is 639 g/mol. The van der Waals surface area contributed by atoms with Gasteiger partial charge in [0.05, 0.1) is 6.54 Å². The van der Waals surface area contributed by atoms with Crippen molar-refractivity contribution in [3.05, 3.63) is 83.9 Å². The van der Waals surface area contributed by atoms with Gasteiger partial charge in [0, 0.05) is 29.9 Å². The summed E-state index contributed by atoms with van der Waals surface area (Å²) in [5.41, 5.74) is -1.95. The first-order chi connectivity index (χ1) is 19.6. The Hall–Kier alpha value is -3.89. The van der Waals surface area contributed by atoms with E-state index in [-0.39, 0.29) is 22.7 Å². The van der Waals surface area contributed by atoms with E-state index < -0.39 is 61.1 Å². The van der Waals surface area contributed by atoms with E-state index in [1.165, 1.54) is 18.2 Å². The third-order valence-corrected chi connectivity index (χ3v) is 5.59. The molecule has 3 aromatic carbocycles. The number of hydrogen-bond acceptors (Lipinski definition) is 4. The number of anilines is 1. The molecule has 236 valence electrons. The van der Waals surface area contributed by atoms with Crippen LogP contribution in [0.5, 0.6) is 17.2 Å². The van der Waals surface area contributed by atoms with E-state index in [0.29, 0.717) is 18.2 Å². The maximum absolute atomic E-state index is 13.9. The molecule has 0 saturated carbocycles. The zero-order chi connectivity index (χ0) is 32.4. The molecule has 1 N–H and O–H groups in total. The summed E-state index contributed by atoms with van der Waals surface area (Å²) in [5, 5.41) is 9.65. The molecule has 17 heteroatoms. The molecule has 3 aromatic rings. The predicted octanol–water partition coefficient (Wildman–Crippen LogP) is 8.60. The van der Waals surface area contributed by atoms with E-state index in [4.69, 9.17) is 4.74 Å². The van der Waals surface area contributed by atoms with E-state index in [1.807, 2.05) is 0 Å². The number of halogens is 13. The molecule has 0 aliphatic carbocycles. The van der Waals surface area contributed by atoms with Crippen LogP contribution in [0.25, 0.3) is 0 Å². The van der Waals surface area contributed by atoms with E-state index in [9.17, 15) is 62.2 Å². The second-order valence-electron chi connectivity index (χ2n) is 8.90. The van der Waals surface area contributed by atoms with Crippen LogP contribution < -0.4 is 14.4 Å². The molecule has 0 saturated heterocycles. The lowest BCUT2D eigenvalue weighted by molar-refractivity contribution is -0.360. The maximum Gasteiger partial charge on any atom is 0.499 e. The molecule has 3 rings (SSSR count). The highest BCUT2D eigenvalue weighted by molar-refractivity contribution is 5.52. The zero-order valence-electron chi connectivity index (χ0n) is 21.0. The molecule has 0 heterocycles. The first kappa shape index (κ1) is 33.6. The SMILES string of the molecule is O[C@H](CN(Cc1cccc(C(F)(F)C(F)(F)F)c1)c1cccc(Oc2cccc(OC(F)(F)C(F)(F)F)c2)c1)C(F)(F)F. The van der Waals surface area contributed by atoms with Gasteiger partial charge in [-0.1, -0.05) is 30.3 Å². The van der Waals surface area contributed by atoms with Crippen LogP contribution in [0.4, 0.5) is 62.8 Å². The fourth-order valence-corrected chi connectivity index (χ4v) is 3.51. The van der Waals surface area contributed by atoms with Crippen LogP contribution in [0, 0.1) is 0 Å². The summed E-state index contributed by atoms with van der Waals surface area (Å²) in [6.45, 7) is -1.93. The van der Waals surface area contributed by atoms with Crippen LogP contribution in [0.1, 0.15) is 11.1 Å². The van der Waals surface area contributed by atoms with Crippen LogP contribution in [-0.2, 0) is 12.5 Å². The monoisotopic (exact) mass is 639 g/mol. The molecule has 0 fully saturated rings. The van der Waals surface area contributed by atoms with Crippen molar-refractivity contribution in [3.8, 4) is 17.2 Å². The number of rotatable bonds is 10. The lowest BCUT2D eigenvalue weighted by Gasteiger charge is -2.29. The molecule has 0 aliphatic heterocycles. The molecule has 0 bridgehead atoms. The molecule has 0 radical (unpaired) electrons. The number of ether oxygens (including phenoxy) is 2. The zero-order valence-corrected chi connectivity index (χ0v) is 21.0. The Morgan fingerprint density at radius 3 is 1.79 bits per heavy atom. The highest BCUT2D eigenvalue weighted by atomic mass is 19.4. The summed E-state index contributed by atoms with van der Waals surface area (Å²) in [4.78, 5) is 0.791. The highest BCUT2D eigenvalue weighted by Gasteiger charge is 2.61. The third-order valence-electron chi connectivity index (χ3n) is 5.59. The Labute approximate surface area is 233 Å². The first-order valence-electron chi connectivity index (χ1n) is 11.7. The minimum atomic E-state index is -6.04. The van der Waals surface area contributed by atoms with Crippen LogP contribution in [-0.4, -0.2) is 42.4 Å². The first-order valence-corrected chi connectivity index (χ1v) is 11.7. The van der Waals surface area contributed by atoms with Gasteiger partial charge in [0.15, 0.2) is 6.10 Å². The van der Waals surface area contributed by atoms with Gasteiger partial charge in [0.1, 0.15) is 17.2 Å². The summed E-state index contributed by atoms with van der Waals surface area (Å²) < 4.78 is 179. The van der Waals surface area contributed by atoms with Gasteiger partial charge in [-0.05, 0) is 35.9 Å². The quantitative estimate of drug-likeness (QED) is 0.226. The number of alkyl halides is 13. The lowest BCUT2D eigenvalue weighted by Crippen LogP contribution is -2.41. The number of hydrogen-bond donors (Lipinski definition) is 1. The summed E-state index contributed by atoms with van der Waals surface area (Å²) in [5.74, 6) is -6.81. The molecule has 1 atom stereocenters. The Bertz CT molecular complexity index is 1390. The van der Waals surface area contributed by atoms with Crippen LogP contribution in [0.3, 0.4) is 0 Å². The molecular weight excluding hydrogens is 621 g/mol. The van der Waals surface area contributed by atoms with Gasteiger partial charge in [-0.2, -0.15) is 57.1 Å². The average Bonchev–Trinajstić information content (AvgIpc) is 2.86. The van der Waals surface area contributed by atoms with Crippen molar-refractivity contribution < 1.29 is 71.7 Å². The van der Waals surface area contributed by atoms with Gasteiger partial charge in [0.2, 0.25) is 0 Å². The Morgan fingerprint density at radius 1 is 0.651 bits per heavy atom. The number of benzene rings is 3. The molecule has 0 spiro atoms. The fourth-order valence-electron chi connectivity index (χ4n) is 3.51. The molecule has 0 unspecified atom stereocenters. The van der Waals surface area contributed by atoms with Gasteiger partial charge in [-0.3, -0.25) is 0 Å². The summed E-state index contributed by atoms with van der Waals surface area (Å²) in [6, 6.07) is 10.9. The molecule has 0 aliphatic rings. The number of nitrogens with zero attached hydrogens (tertiary/aromatic N) is 1. The van der Waals surface area contributed by atoms with Gasteiger partial charge >= 0.3 is 30.6 Å². The van der Waals surface area contributed by atoms with E-state index in [0.717, 1.165) is 41.3 Å². The molecular formula is C26H18F13NO3. The van der Waals surface area contributed by atoms with Crippen LogP contribution >= 0.6 is 0 Å². The summed E-state index contributed by atoms with van der Waals surface area (Å²) in [6.07, 6.45) is -25.7. The third kappa shape index (κ3) is 8.36. The van der Waals surface area contributed by atoms with Crippen molar-refractivity contribution in [2.24, 2.45) is 0 Å². The molecule has 0 aromatic heterocycles. The van der Waals surface area contributed by atoms with Crippen molar-refractivity contribution >= 4 is 5.69 Å². The van der Waals surface area contributed by atoms with E-state index in [1.54, 1.807) is 0 Å². The summed E-state index contributed by atoms with van der Waals surface area (Å²) >= 11 is 0. The molecule has 43 heavy (non-hydrogen) atoms. The van der Waals surface area contributed by atoms with E-state index in [2.05, 4.69) is 4.74 Å². The van der Waals surface area contributed by atoms with Crippen molar-refractivity contribution in [2.45, 2.75) is 43.2 Å². The standard InChI is InChI=1S/C26H18F13NO3/c27-22(28,24(32,33)34)16-5-1-4-15(10-16)13-40(14-21(41)23(29,30)31)17-6-2-7-18(11-17)42-19-8-3-9-20(12-19)43-26(38,39)25(35,36)37/h1-12,21,41H,13-14H2/t21-/m1/s1. The highest BCUT2D eigenvalue weighted by Crippen LogP contribution is 2.44. The number of aliphatic hydroxyl groups excluding tert-OH is 1. The van der Waals surface area contributed by atoms with Crippen molar-refractivity contribution in [1.82, 2.24) is 0 Å². The Kier molecular flexibility index (Phi) is 9.39. The topological polar surface area (TPSA) is 41.9 Å². The predicted molar refractivity (Wildman–Crippen MR) is 124 cm³/mol. The van der Waals surface area contributed by atoms with Gasteiger partial charge in [0.25, 0.3) is 0 Å². The Balaban J connectivity index is 1.92. The lowest BCUT2D eigenvalue weighted by atomic mass is 10.0.